The average Bonchev–Trinajstić information content (AvgIpc) is 2.00. The molecule has 0 aromatic rings. The molecule has 3 nitrogen and oxygen atoms in total. The zero-order valence-corrected chi connectivity index (χ0v) is 6.13. The van der Waals surface area contributed by atoms with Crippen LogP contribution in [0.3, 0.4) is 0 Å². The van der Waals surface area contributed by atoms with Crippen molar-refractivity contribution in [3.63, 3.8) is 0 Å². The van der Waals surface area contributed by atoms with Gasteiger partial charge >= 0.3 is 5.97 Å². The summed E-state index contributed by atoms with van der Waals surface area (Å²) in [5.74, 6) is 1.62. The molecule has 0 saturated heterocycles. The molecule has 0 radical (unpaired) electrons. The Labute approximate surface area is 60.5 Å². The molecule has 1 unspecified atom stereocenters. The molecule has 10 heavy (non-hydrogen) atoms. The molecule has 0 aromatic heterocycles. The van der Waals surface area contributed by atoms with Crippen molar-refractivity contribution in [3.8, 4) is 12.3 Å². The normalized spacial score (nSPS) is 15.0. The number of esters is 1. The van der Waals surface area contributed by atoms with Crippen molar-refractivity contribution in [1.82, 2.24) is 0 Å². The van der Waals surface area contributed by atoms with Crippen LogP contribution in [0.5, 0.6) is 0 Å². The molecule has 0 rings (SSSR count). The van der Waals surface area contributed by atoms with E-state index in [-0.39, 0.29) is 5.92 Å². The second-order valence-electron chi connectivity index (χ2n) is 2.00. The summed E-state index contributed by atoms with van der Waals surface area (Å²) in [5, 5.41) is 0. The summed E-state index contributed by atoms with van der Waals surface area (Å²) in [7, 11) is 1.28. The van der Waals surface area contributed by atoms with Gasteiger partial charge in [0.1, 0.15) is 6.04 Å². The van der Waals surface area contributed by atoms with E-state index in [1.807, 2.05) is 0 Å². The number of terminal acetylenes is 1. The number of carbonyl (C=O) groups is 1. The van der Waals surface area contributed by atoms with Crippen LogP contribution in [-0.2, 0) is 9.53 Å². The van der Waals surface area contributed by atoms with Gasteiger partial charge in [0.2, 0.25) is 0 Å². The summed E-state index contributed by atoms with van der Waals surface area (Å²) < 4.78 is 4.38. The average molecular weight is 141 g/mol. The highest BCUT2D eigenvalue weighted by atomic mass is 16.5. The summed E-state index contributed by atoms with van der Waals surface area (Å²) in [6, 6.07) is -0.699. The summed E-state index contributed by atoms with van der Waals surface area (Å²) >= 11 is 0. The lowest BCUT2D eigenvalue weighted by atomic mass is 10.1. The van der Waals surface area contributed by atoms with Crippen molar-refractivity contribution in [1.29, 1.82) is 0 Å². The predicted molar refractivity (Wildman–Crippen MR) is 38.0 cm³/mol. The summed E-state index contributed by atoms with van der Waals surface area (Å²) in [5.41, 5.74) is 5.36. The fraction of sp³-hybridized carbons (Fsp3) is 0.571. The maximum Gasteiger partial charge on any atom is 0.323 e. The minimum absolute atomic E-state index is 0.271. The molecule has 3 heteroatoms. The maximum absolute atomic E-state index is 10.7. The van der Waals surface area contributed by atoms with Gasteiger partial charge in [-0.1, -0.05) is 0 Å². The van der Waals surface area contributed by atoms with E-state index < -0.39 is 12.0 Å². The monoisotopic (exact) mass is 141 g/mol. The van der Waals surface area contributed by atoms with Crippen LogP contribution in [0, 0.1) is 18.3 Å². The van der Waals surface area contributed by atoms with Gasteiger partial charge in [-0.3, -0.25) is 4.79 Å². The Morgan fingerprint density at radius 2 is 2.30 bits per heavy atom. The Morgan fingerprint density at radius 1 is 1.80 bits per heavy atom. The van der Waals surface area contributed by atoms with Crippen molar-refractivity contribution < 1.29 is 9.53 Å². The number of rotatable bonds is 2. The fourth-order valence-electron chi connectivity index (χ4n) is 0.444. The summed E-state index contributed by atoms with van der Waals surface area (Å²) in [4.78, 5) is 10.7. The van der Waals surface area contributed by atoms with Crippen LogP contribution in [0.1, 0.15) is 6.92 Å². The highest BCUT2D eigenvalue weighted by Crippen LogP contribution is 1.98. The van der Waals surface area contributed by atoms with Crippen molar-refractivity contribution >= 4 is 5.97 Å². The Bertz CT molecular complexity index is 159. The molecule has 0 aromatic carbocycles. The predicted octanol–water partition coefficient (Wildman–Crippen LogP) is -0.244. The summed E-state index contributed by atoms with van der Waals surface area (Å²) in [6.07, 6.45) is 5.03. The molecule has 0 bridgehead atoms. The molecule has 2 N–H and O–H groups in total. The molecule has 0 heterocycles. The molecule has 0 amide bonds. The van der Waals surface area contributed by atoms with E-state index in [1.54, 1.807) is 6.92 Å². The van der Waals surface area contributed by atoms with Gasteiger partial charge in [0.15, 0.2) is 0 Å². The van der Waals surface area contributed by atoms with Crippen LogP contribution in [0.2, 0.25) is 0 Å². The third-order valence-electron chi connectivity index (χ3n) is 1.27. The molecular formula is C7H11NO2. The second-order valence-corrected chi connectivity index (χ2v) is 2.00. The number of nitrogens with two attached hydrogens (primary N) is 1. The molecule has 0 aliphatic heterocycles. The van der Waals surface area contributed by atoms with Gasteiger partial charge in [-0.15, -0.1) is 12.3 Å². The molecule has 0 fully saturated rings. The van der Waals surface area contributed by atoms with Gasteiger partial charge in [0.05, 0.1) is 7.11 Å². The van der Waals surface area contributed by atoms with Crippen LogP contribution in [0.25, 0.3) is 0 Å². The first-order valence-electron chi connectivity index (χ1n) is 2.93. The minimum Gasteiger partial charge on any atom is -0.468 e. The molecule has 0 spiro atoms. The molecule has 0 saturated carbocycles. The van der Waals surface area contributed by atoms with Crippen molar-refractivity contribution in [3.05, 3.63) is 0 Å². The van der Waals surface area contributed by atoms with Gasteiger partial charge in [0, 0.05) is 5.92 Å². The molecule has 0 aliphatic rings. The Morgan fingerprint density at radius 3 is 2.60 bits per heavy atom. The SMILES string of the molecule is C#CC(C)[C@H](N)C(=O)OC. The highest BCUT2D eigenvalue weighted by molar-refractivity contribution is 5.76. The van der Waals surface area contributed by atoms with E-state index in [0.717, 1.165) is 0 Å². The van der Waals surface area contributed by atoms with Gasteiger partial charge in [0.25, 0.3) is 0 Å². The number of methoxy groups -OCH3 is 1. The quantitative estimate of drug-likeness (QED) is 0.426. The highest BCUT2D eigenvalue weighted by Gasteiger charge is 2.18. The molecule has 2 atom stereocenters. The third-order valence-corrected chi connectivity index (χ3v) is 1.27. The first kappa shape index (κ1) is 8.99. The number of hydrogen-bond donors (Lipinski definition) is 1. The van der Waals surface area contributed by atoms with Gasteiger partial charge in [-0.2, -0.15) is 0 Å². The van der Waals surface area contributed by atoms with Gasteiger partial charge in [-0.25, -0.2) is 0 Å². The van der Waals surface area contributed by atoms with E-state index in [1.165, 1.54) is 7.11 Å². The Balaban J connectivity index is 3.97. The standard InChI is InChI=1S/C7H11NO2/c1-4-5(2)6(8)7(9)10-3/h1,5-6H,8H2,2-3H3/t5?,6-/m0/s1. The topological polar surface area (TPSA) is 52.3 Å². The van der Waals surface area contributed by atoms with E-state index in [9.17, 15) is 4.79 Å². The first-order chi connectivity index (χ1) is 4.63. The van der Waals surface area contributed by atoms with Crippen LogP contribution in [-0.4, -0.2) is 19.1 Å². The van der Waals surface area contributed by atoms with E-state index in [2.05, 4.69) is 10.7 Å². The summed E-state index contributed by atoms with van der Waals surface area (Å²) in [6.45, 7) is 1.70. The van der Waals surface area contributed by atoms with Crippen molar-refractivity contribution in [2.75, 3.05) is 7.11 Å². The number of carbonyl (C=O) groups excluding carboxylic acids is 1. The smallest absolute Gasteiger partial charge is 0.323 e. The third kappa shape index (κ3) is 2.08. The zero-order chi connectivity index (χ0) is 8.15. The van der Waals surface area contributed by atoms with Gasteiger partial charge < -0.3 is 10.5 Å². The number of ether oxygens (including phenoxy) is 1. The lowest BCUT2D eigenvalue weighted by Crippen LogP contribution is -2.36. The second kappa shape index (κ2) is 3.91. The lowest BCUT2D eigenvalue weighted by Gasteiger charge is -2.10. The molecule has 0 aliphatic carbocycles. The van der Waals surface area contributed by atoms with Crippen LogP contribution >= 0.6 is 0 Å². The van der Waals surface area contributed by atoms with Crippen LogP contribution < -0.4 is 5.73 Å². The molecule has 56 valence electrons. The van der Waals surface area contributed by atoms with E-state index in [0.29, 0.717) is 0 Å². The van der Waals surface area contributed by atoms with Crippen molar-refractivity contribution in [2.45, 2.75) is 13.0 Å². The first-order valence-corrected chi connectivity index (χ1v) is 2.93. The van der Waals surface area contributed by atoms with Crippen LogP contribution in [0.15, 0.2) is 0 Å². The molecular weight excluding hydrogens is 130 g/mol. The lowest BCUT2D eigenvalue weighted by molar-refractivity contribution is -0.142. The van der Waals surface area contributed by atoms with E-state index >= 15 is 0 Å². The zero-order valence-electron chi connectivity index (χ0n) is 6.13. The maximum atomic E-state index is 10.7. The van der Waals surface area contributed by atoms with Gasteiger partial charge in [-0.05, 0) is 6.92 Å². The Kier molecular flexibility index (Phi) is 3.52. The minimum atomic E-state index is -0.699. The van der Waals surface area contributed by atoms with E-state index in [4.69, 9.17) is 12.2 Å². The van der Waals surface area contributed by atoms with Crippen LogP contribution in [0.4, 0.5) is 0 Å². The Hall–Kier alpha value is -1.01. The fourth-order valence-corrected chi connectivity index (χ4v) is 0.444. The largest absolute Gasteiger partial charge is 0.468 e. The number of hydrogen-bond acceptors (Lipinski definition) is 3. The van der Waals surface area contributed by atoms with Crippen molar-refractivity contribution in [2.24, 2.45) is 11.7 Å².